The van der Waals surface area contributed by atoms with E-state index in [4.69, 9.17) is 10.5 Å². The van der Waals surface area contributed by atoms with E-state index in [9.17, 15) is 0 Å². The highest BCUT2D eigenvalue weighted by atomic mass is 79.9. The lowest BCUT2D eigenvalue weighted by Gasteiger charge is -2.08. The molecule has 0 radical (unpaired) electrons. The zero-order valence-electron chi connectivity index (χ0n) is 10.7. The Morgan fingerprint density at radius 2 is 2.06 bits per heavy atom. The molecule has 0 aliphatic carbocycles. The van der Waals surface area contributed by atoms with Crippen LogP contribution in [0.3, 0.4) is 0 Å². The van der Waals surface area contributed by atoms with Crippen molar-refractivity contribution >= 4 is 21.6 Å². The summed E-state index contributed by atoms with van der Waals surface area (Å²) in [5.74, 6) is 0.769. The Labute approximate surface area is 115 Å². The third-order valence-corrected chi connectivity index (χ3v) is 4.00. The number of benzene rings is 1. The van der Waals surface area contributed by atoms with Crippen molar-refractivity contribution in [2.24, 2.45) is 0 Å². The van der Waals surface area contributed by atoms with Crippen molar-refractivity contribution in [3.8, 4) is 5.75 Å². The largest absolute Gasteiger partial charge is 0.497 e. The molecule has 0 saturated heterocycles. The van der Waals surface area contributed by atoms with Gasteiger partial charge in [-0.15, -0.1) is 0 Å². The minimum Gasteiger partial charge on any atom is -0.497 e. The zero-order chi connectivity index (χ0) is 13.3. The van der Waals surface area contributed by atoms with Gasteiger partial charge in [0.05, 0.1) is 29.5 Å². The molecule has 0 saturated carbocycles. The summed E-state index contributed by atoms with van der Waals surface area (Å²) in [7, 11) is 1.64. The zero-order valence-corrected chi connectivity index (χ0v) is 12.3. The number of rotatable bonds is 3. The molecule has 0 fully saturated rings. The average molecular weight is 310 g/mol. The van der Waals surface area contributed by atoms with Crippen LogP contribution < -0.4 is 10.5 Å². The summed E-state index contributed by atoms with van der Waals surface area (Å²) >= 11 is 3.52. The maximum Gasteiger partial charge on any atom is 0.121 e. The number of nitrogens with two attached hydrogens (primary N) is 1. The fourth-order valence-electron chi connectivity index (χ4n) is 1.90. The molecule has 2 aromatic rings. The number of nitrogens with zero attached hydrogens (tertiary/aromatic N) is 2. The fraction of sp³-hybridized carbons (Fsp3) is 0.308. The summed E-state index contributed by atoms with van der Waals surface area (Å²) in [6.45, 7) is 4.70. The van der Waals surface area contributed by atoms with Gasteiger partial charge in [-0.25, -0.2) is 0 Å². The van der Waals surface area contributed by atoms with Gasteiger partial charge in [0.1, 0.15) is 5.75 Å². The molecule has 0 atom stereocenters. The quantitative estimate of drug-likeness (QED) is 0.887. The van der Waals surface area contributed by atoms with Crippen molar-refractivity contribution in [3.63, 3.8) is 0 Å². The molecule has 5 heteroatoms. The number of hydrogen-bond donors (Lipinski definition) is 1. The lowest BCUT2D eigenvalue weighted by Crippen LogP contribution is -2.05. The first kappa shape index (κ1) is 13.0. The number of methoxy groups -OCH3 is 1. The van der Waals surface area contributed by atoms with Crippen molar-refractivity contribution in [2.75, 3.05) is 12.8 Å². The van der Waals surface area contributed by atoms with Crippen LogP contribution >= 0.6 is 15.9 Å². The summed E-state index contributed by atoms with van der Waals surface area (Å²) in [6.07, 6.45) is 0. The third kappa shape index (κ3) is 2.51. The van der Waals surface area contributed by atoms with Gasteiger partial charge in [0.15, 0.2) is 0 Å². The molecule has 4 nitrogen and oxygen atoms in total. The molecule has 0 amide bonds. The minimum absolute atomic E-state index is 0.680. The van der Waals surface area contributed by atoms with Crippen LogP contribution in [0.4, 0.5) is 5.69 Å². The highest BCUT2D eigenvalue weighted by Gasteiger charge is 2.09. The first-order chi connectivity index (χ1) is 8.51. The average Bonchev–Trinajstić information content (AvgIpc) is 2.56. The van der Waals surface area contributed by atoms with E-state index in [1.54, 1.807) is 13.2 Å². The maximum atomic E-state index is 5.84. The van der Waals surface area contributed by atoms with Gasteiger partial charge in [0.2, 0.25) is 0 Å². The molecular weight excluding hydrogens is 294 g/mol. The van der Waals surface area contributed by atoms with Crippen LogP contribution in [0.2, 0.25) is 0 Å². The van der Waals surface area contributed by atoms with E-state index >= 15 is 0 Å². The van der Waals surface area contributed by atoms with E-state index in [-0.39, 0.29) is 0 Å². The minimum atomic E-state index is 0.680. The van der Waals surface area contributed by atoms with Crippen molar-refractivity contribution in [1.82, 2.24) is 9.78 Å². The highest BCUT2D eigenvalue weighted by molar-refractivity contribution is 9.10. The van der Waals surface area contributed by atoms with Crippen molar-refractivity contribution < 1.29 is 4.74 Å². The molecule has 18 heavy (non-hydrogen) atoms. The van der Waals surface area contributed by atoms with E-state index < -0.39 is 0 Å². The Hall–Kier alpha value is -1.49. The molecule has 2 N–H and O–H groups in total. The Bertz CT molecular complexity index is 578. The third-order valence-electron chi connectivity index (χ3n) is 2.85. The highest BCUT2D eigenvalue weighted by Crippen LogP contribution is 2.23. The predicted octanol–water partition coefficient (Wildman–Crippen LogP) is 2.90. The van der Waals surface area contributed by atoms with Gasteiger partial charge in [-0.3, -0.25) is 4.68 Å². The van der Waals surface area contributed by atoms with E-state index in [1.165, 1.54) is 0 Å². The first-order valence-corrected chi connectivity index (χ1v) is 6.43. The fourth-order valence-corrected chi connectivity index (χ4v) is 2.18. The number of ether oxygens (including phenoxy) is 1. The second kappa shape index (κ2) is 5.02. The Balaban J connectivity index is 2.33. The van der Waals surface area contributed by atoms with Gasteiger partial charge in [-0.2, -0.15) is 5.10 Å². The van der Waals surface area contributed by atoms with Gasteiger partial charge >= 0.3 is 0 Å². The molecular formula is C13H16BrN3O. The molecule has 0 aliphatic heterocycles. The van der Waals surface area contributed by atoms with E-state index in [0.29, 0.717) is 12.2 Å². The number of nitrogen functional groups attached to an aromatic ring is 1. The second-order valence-electron chi connectivity index (χ2n) is 4.26. The molecule has 1 heterocycles. The molecule has 2 rings (SSSR count). The van der Waals surface area contributed by atoms with Gasteiger partial charge in [-0.05, 0) is 47.5 Å². The molecule has 1 aromatic heterocycles. The monoisotopic (exact) mass is 309 g/mol. The van der Waals surface area contributed by atoms with Crippen LogP contribution in [-0.4, -0.2) is 16.9 Å². The van der Waals surface area contributed by atoms with Crippen LogP contribution in [0.15, 0.2) is 22.7 Å². The second-order valence-corrected chi connectivity index (χ2v) is 5.05. The molecule has 0 aliphatic rings. The van der Waals surface area contributed by atoms with E-state index in [1.807, 2.05) is 30.7 Å². The van der Waals surface area contributed by atoms with E-state index in [2.05, 4.69) is 21.0 Å². The number of aromatic nitrogens is 2. The van der Waals surface area contributed by atoms with Crippen LogP contribution in [-0.2, 0) is 6.54 Å². The van der Waals surface area contributed by atoms with Gasteiger partial charge < -0.3 is 10.5 Å². The molecule has 0 bridgehead atoms. The lowest BCUT2D eigenvalue weighted by atomic mass is 10.2. The van der Waals surface area contributed by atoms with Crippen molar-refractivity contribution in [3.05, 3.63) is 39.6 Å². The van der Waals surface area contributed by atoms with Crippen molar-refractivity contribution in [2.45, 2.75) is 20.4 Å². The summed E-state index contributed by atoms with van der Waals surface area (Å²) in [4.78, 5) is 0. The summed E-state index contributed by atoms with van der Waals surface area (Å²) in [5, 5.41) is 4.48. The molecule has 1 aromatic carbocycles. The van der Waals surface area contributed by atoms with Crippen molar-refractivity contribution in [1.29, 1.82) is 0 Å². The summed E-state index contributed by atoms with van der Waals surface area (Å²) < 4.78 is 8.22. The number of hydrogen-bond acceptors (Lipinski definition) is 3. The maximum absolute atomic E-state index is 5.84. The van der Waals surface area contributed by atoms with Crippen LogP contribution in [0.25, 0.3) is 0 Å². The predicted molar refractivity (Wildman–Crippen MR) is 75.9 cm³/mol. The molecule has 96 valence electrons. The number of aryl methyl sites for hydroxylation is 1. The number of anilines is 1. The summed E-state index contributed by atoms with van der Waals surface area (Å²) in [6, 6.07) is 5.72. The van der Waals surface area contributed by atoms with Gasteiger partial charge in [0.25, 0.3) is 0 Å². The Morgan fingerprint density at radius 3 is 2.61 bits per heavy atom. The van der Waals surface area contributed by atoms with Crippen LogP contribution in [0.1, 0.15) is 17.0 Å². The molecule has 0 unspecified atom stereocenters. The van der Waals surface area contributed by atoms with Gasteiger partial charge in [0, 0.05) is 11.8 Å². The topological polar surface area (TPSA) is 53.1 Å². The van der Waals surface area contributed by atoms with E-state index in [0.717, 1.165) is 27.2 Å². The van der Waals surface area contributed by atoms with Crippen LogP contribution in [0, 0.1) is 13.8 Å². The number of halogens is 1. The van der Waals surface area contributed by atoms with Gasteiger partial charge in [-0.1, -0.05) is 0 Å². The lowest BCUT2D eigenvalue weighted by molar-refractivity contribution is 0.414. The smallest absolute Gasteiger partial charge is 0.121 e. The standard InChI is InChI=1S/C13H16BrN3O/c1-8-13(14)9(2)17(16-8)7-10-4-11(15)6-12(5-10)18-3/h4-6H,7,15H2,1-3H3. The normalized spacial score (nSPS) is 10.7. The SMILES string of the molecule is COc1cc(N)cc(Cn2nc(C)c(Br)c2C)c1. The Kier molecular flexibility index (Phi) is 3.61. The Morgan fingerprint density at radius 1 is 1.33 bits per heavy atom. The molecule has 0 spiro atoms. The van der Waals surface area contributed by atoms with Crippen LogP contribution in [0.5, 0.6) is 5.75 Å². The first-order valence-electron chi connectivity index (χ1n) is 5.64. The summed E-state index contributed by atoms with van der Waals surface area (Å²) in [5.41, 5.74) is 9.71.